The Morgan fingerprint density at radius 2 is 1.80 bits per heavy atom. The molecule has 1 aromatic carbocycles. The van der Waals surface area contributed by atoms with Crippen LogP contribution in [-0.4, -0.2) is 5.91 Å². The van der Waals surface area contributed by atoms with Gasteiger partial charge in [0, 0.05) is 6.42 Å². The summed E-state index contributed by atoms with van der Waals surface area (Å²) >= 11 is 0. The average molecular weight is 215 g/mol. The van der Waals surface area contributed by atoms with Crippen molar-refractivity contribution in [2.24, 2.45) is 0 Å². The summed E-state index contributed by atoms with van der Waals surface area (Å²) in [6, 6.07) is 1.41. The zero-order valence-electron chi connectivity index (χ0n) is 7.69. The van der Waals surface area contributed by atoms with Crippen molar-refractivity contribution in [3.05, 3.63) is 35.1 Å². The number of benzene rings is 1. The van der Waals surface area contributed by atoms with E-state index in [1.807, 2.05) is 0 Å². The Morgan fingerprint density at radius 1 is 1.20 bits per heavy atom. The normalized spacial score (nSPS) is 20.5. The van der Waals surface area contributed by atoms with Crippen LogP contribution in [0.3, 0.4) is 0 Å². The first-order valence-corrected chi connectivity index (χ1v) is 4.51. The van der Waals surface area contributed by atoms with Crippen molar-refractivity contribution in [3.8, 4) is 0 Å². The molecule has 1 N–H and O–H groups in total. The van der Waals surface area contributed by atoms with Crippen LogP contribution in [0.1, 0.15) is 24.4 Å². The number of halogens is 3. The molecule has 15 heavy (non-hydrogen) atoms. The lowest BCUT2D eigenvalue weighted by Gasteiger charge is -2.10. The quantitative estimate of drug-likeness (QED) is 0.714. The second kappa shape index (κ2) is 3.56. The molecule has 2 nitrogen and oxygen atoms in total. The van der Waals surface area contributed by atoms with Crippen molar-refractivity contribution in [3.63, 3.8) is 0 Å². The highest BCUT2D eigenvalue weighted by Gasteiger charge is 2.24. The minimum atomic E-state index is -1.48. The number of rotatable bonds is 1. The topological polar surface area (TPSA) is 29.1 Å². The molecule has 5 heteroatoms. The third-order valence-electron chi connectivity index (χ3n) is 2.40. The van der Waals surface area contributed by atoms with Crippen LogP contribution in [0.2, 0.25) is 0 Å². The van der Waals surface area contributed by atoms with Crippen LogP contribution >= 0.6 is 0 Å². The number of carbonyl (C=O) groups is 1. The highest BCUT2D eigenvalue weighted by Crippen LogP contribution is 2.26. The maximum atomic E-state index is 12.9. The Labute approximate surface area is 84.1 Å². The molecule has 0 saturated carbocycles. The molecule has 1 amide bonds. The average Bonchev–Trinajstić information content (AvgIpc) is 2.60. The second-order valence-electron chi connectivity index (χ2n) is 3.46. The molecule has 80 valence electrons. The number of hydrogen-bond donors (Lipinski definition) is 1. The third-order valence-corrected chi connectivity index (χ3v) is 2.40. The van der Waals surface area contributed by atoms with E-state index < -0.39 is 23.5 Å². The van der Waals surface area contributed by atoms with Gasteiger partial charge in [-0.2, -0.15) is 0 Å². The van der Waals surface area contributed by atoms with Crippen LogP contribution in [0.5, 0.6) is 0 Å². The van der Waals surface area contributed by atoms with Gasteiger partial charge in [0.25, 0.3) is 0 Å². The van der Waals surface area contributed by atoms with Crippen molar-refractivity contribution in [1.29, 1.82) is 0 Å². The summed E-state index contributed by atoms with van der Waals surface area (Å²) in [7, 11) is 0. The Hall–Kier alpha value is -1.52. The lowest BCUT2D eigenvalue weighted by Crippen LogP contribution is -2.18. The number of carbonyl (C=O) groups excluding carboxylic acids is 1. The molecule has 1 heterocycles. The zero-order valence-corrected chi connectivity index (χ0v) is 7.69. The van der Waals surface area contributed by atoms with E-state index in [1.54, 1.807) is 0 Å². The molecule has 0 radical (unpaired) electrons. The fraction of sp³-hybridized carbons (Fsp3) is 0.300. The standard InChI is InChI=1S/C10H8F3NO/c11-6-3-5(4-7(12)10(6)13)8-1-2-9(15)14-8/h3-4,8H,1-2H2,(H,14,15). The predicted octanol–water partition coefficient (Wildman–Crippen LogP) is 2.05. The fourth-order valence-corrected chi connectivity index (χ4v) is 1.64. The molecule has 2 rings (SSSR count). The van der Waals surface area contributed by atoms with Crippen LogP contribution in [0.25, 0.3) is 0 Å². The van der Waals surface area contributed by atoms with Gasteiger partial charge in [0.2, 0.25) is 5.91 Å². The van der Waals surface area contributed by atoms with E-state index in [-0.39, 0.29) is 11.5 Å². The predicted molar refractivity (Wildman–Crippen MR) is 46.4 cm³/mol. The van der Waals surface area contributed by atoms with E-state index >= 15 is 0 Å². The lowest BCUT2D eigenvalue weighted by molar-refractivity contribution is -0.119. The summed E-state index contributed by atoms with van der Waals surface area (Å²) in [5.74, 6) is -4.11. The summed E-state index contributed by atoms with van der Waals surface area (Å²) in [5, 5.41) is 2.55. The third kappa shape index (κ3) is 1.82. The van der Waals surface area contributed by atoms with Gasteiger partial charge in [0.15, 0.2) is 17.5 Å². The molecule has 1 unspecified atom stereocenters. The molecule has 1 atom stereocenters. The molecule has 1 aliphatic heterocycles. The van der Waals surface area contributed by atoms with Gasteiger partial charge >= 0.3 is 0 Å². The van der Waals surface area contributed by atoms with Gasteiger partial charge in [-0.3, -0.25) is 4.79 Å². The molecule has 1 aromatic rings. The van der Waals surface area contributed by atoms with Gasteiger partial charge in [-0.1, -0.05) is 0 Å². The Morgan fingerprint density at radius 3 is 2.27 bits per heavy atom. The summed E-state index contributed by atoms with van der Waals surface area (Å²) in [6.45, 7) is 0. The number of amides is 1. The highest BCUT2D eigenvalue weighted by molar-refractivity contribution is 5.78. The maximum absolute atomic E-state index is 12.9. The minimum absolute atomic E-state index is 0.162. The van der Waals surface area contributed by atoms with Gasteiger partial charge < -0.3 is 5.32 Å². The monoisotopic (exact) mass is 215 g/mol. The summed E-state index contributed by atoms with van der Waals surface area (Å²) in [5.41, 5.74) is 0.261. The van der Waals surface area contributed by atoms with Crippen LogP contribution in [0.4, 0.5) is 13.2 Å². The van der Waals surface area contributed by atoms with Gasteiger partial charge in [-0.25, -0.2) is 13.2 Å². The van der Waals surface area contributed by atoms with Gasteiger partial charge in [-0.05, 0) is 24.1 Å². The van der Waals surface area contributed by atoms with E-state index in [9.17, 15) is 18.0 Å². The van der Waals surface area contributed by atoms with Crippen LogP contribution in [0.15, 0.2) is 12.1 Å². The summed E-state index contributed by atoms with van der Waals surface area (Å²) in [6.07, 6.45) is 0.800. The van der Waals surface area contributed by atoms with E-state index in [0.717, 1.165) is 12.1 Å². The molecule has 0 aromatic heterocycles. The van der Waals surface area contributed by atoms with Gasteiger partial charge in [0.1, 0.15) is 0 Å². The fourth-order valence-electron chi connectivity index (χ4n) is 1.64. The molecule has 1 saturated heterocycles. The first-order chi connectivity index (χ1) is 7.08. The van der Waals surface area contributed by atoms with E-state index in [0.29, 0.717) is 12.8 Å². The second-order valence-corrected chi connectivity index (χ2v) is 3.46. The van der Waals surface area contributed by atoms with Crippen molar-refractivity contribution in [1.82, 2.24) is 5.32 Å². The SMILES string of the molecule is O=C1CCC(c2cc(F)c(F)c(F)c2)N1. The Kier molecular flexibility index (Phi) is 2.38. The highest BCUT2D eigenvalue weighted by atomic mass is 19.2. The first-order valence-electron chi connectivity index (χ1n) is 4.51. The summed E-state index contributed by atoms with van der Waals surface area (Å²) in [4.78, 5) is 10.9. The first kappa shape index (κ1) is 10.0. The Balaban J connectivity index is 2.33. The summed E-state index contributed by atoms with van der Waals surface area (Å²) < 4.78 is 38.4. The molecule has 0 spiro atoms. The van der Waals surface area contributed by atoms with Crippen molar-refractivity contribution in [2.75, 3.05) is 0 Å². The number of nitrogens with one attached hydrogen (secondary N) is 1. The van der Waals surface area contributed by atoms with E-state index in [4.69, 9.17) is 0 Å². The van der Waals surface area contributed by atoms with Crippen molar-refractivity contribution < 1.29 is 18.0 Å². The molecular weight excluding hydrogens is 207 g/mol. The zero-order chi connectivity index (χ0) is 11.0. The van der Waals surface area contributed by atoms with E-state index in [2.05, 4.69) is 5.32 Å². The molecule has 1 fully saturated rings. The Bertz CT molecular complexity index is 396. The van der Waals surface area contributed by atoms with Crippen molar-refractivity contribution >= 4 is 5.91 Å². The maximum Gasteiger partial charge on any atom is 0.220 e. The van der Waals surface area contributed by atoms with Gasteiger partial charge in [0.05, 0.1) is 6.04 Å². The van der Waals surface area contributed by atoms with Crippen LogP contribution < -0.4 is 5.32 Å². The lowest BCUT2D eigenvalue weighted by atomic mass is 10.1. The molecular formula is C10H8F3NO. The largest absolute Gasteiger partial charge is 0.349 e. The molecule has 1 aliphatic rings. The smallest absolute Gasteiger partial charge is 0.220 e. The van der Waals surface area contributed by atoms with Gasteiger partial charge in [-0.15, -0.1) is 0 Å². The number of hydrogen-bond acceptors (Lipinski definition) is 1. The van der Waals surface area contributed by atoms with Crippen LogP contribution in [0, 0.1) is 17.5 Å². The van der Waals surface area contributed by atoms with E-state index in [1.165, 1.54) is 0 Å². The molecule has 0 aliphatic carbocycles. The van der Waals surface area contributed by atoms with Crippen molar-refractivity contribution in [2.45, 2.75) is 18.9 Å². The minimum Gasteiger partial charge on any atom is -0.349 e. The van der Waals surface area contributed by atoms with Crippen LogP contribution in [-0.2, 0) is 4.79 Å². The molecule has 0 bridgehead atoms.